The third-order valence-corrected chi connectivity index (χ3v) is 2.45. The van der Waals surface area contributed by atoms with Crippen molar-refractivity contribution in [3.05, 3.63) is 35.4 Å². The zero-order valence-electron chi connectivity index (χ0n) is 11.8. The highest BCUT2D eigenvalue weighted by Gasteiger charge is 2.21. The lowest BCUT2D eigenvalue weighted by Crippen LogP contribution is -2.26. The van der Waals surface area contributed by atoms with Crippen LogP contribution in [0.1, 0.15) is 27.6 Å². The maximum atomic E-state index is 12.1. The molecule has 0 aromatic heterocycles. The molecule has 0 saturated carbocycles. The predicted octanol–water partition coefficient (Wildman–Crippen LogP) is 1.64. The van der Waals surface area contributed by atoms with Crippen molar-refractivity contribution in [2.75, 3.05) is 27.4 Å². The van der Waals surface area contributed by atoms with Crippen molar-refractivity contribution in [3.63, 3.8) is 0 Å². The molecule has 0 aliphatic heterocycles. The van der Waals surface area contributed by atoms with Gasteiger partial charge in [0.2, 0.25) is 6.29 Å². The van der Waals surface area contributed by atoms with Gasteiger partial charge in [-0.25, -0.2) is 9.59 Å². The summed E-state index contributed by atoms with van der Waals surface area (Å²) in [6, 6.07) is 6.28. The summed E-state index contributed by atoms with van der Waals surface area (Å²) < 4.78 is 19.8. The average Bonchev–Trinajstić information content (AvgIpc) is 2.46. The molecule has 110 valence electrons. The largest absolute Gasteiger partial charge is 0.462 e. The first-order chi connectivity index (χ1) is 9.63. The van der Waals surface area contributed by atoms with Crippen LogP contribution in [-0.2, 0) is 18.9 Å². The Hall–Kier alpha value is -1.92. The summed E-state index contributed by atoms with van der Waals surface area (Å²) in [6.07, 6.45) is -0.831. The van der Waals surface area contributed by atoms with Gasteiger partial charge < -0.3 is 18.9 Å². The lowest BCUT2D eigenvalue weighted by Gasteiger charge is -2.16. The molecule has 1 rings (SSSR count). The number of rotatable bonds is 7. The Kier molecular flexibility index (Phi) is 6.69. The summed E-state index contributed by atoms with van der Waals surface area (Å²) in [7, 11) is 2.86. The topological polar surface area (TPSA) is 71.1 Å². The van der Waals surface area contributed by atoms with E-state index in [1.54, 1.807) is 19.1 Å². The van der Waals surface area contributed by atoms with Crippen molar-refractivity contribution in [1.29, 1.82) is 0 Å². The molecule has 1 aromatic carbocycles. The number of hydrogen-bond donors (Lipinski definition) is 0. The smallest absolute Gasteiger partial charge is 0.341 e. The van der Waals surface area contributed by atoms with Crippen LogP contribution in [0.25, 0.3) is 0 Å². The lowest BCUT2D eigenvalue weighted by atomic mass is 10.1. The summed E-state index contributed by atoms with van der Waals surface area (Å²) in [5.74, 6) is -1.24. The van der Waals surface area contributed by atoms with E-state index in [2.05, 4.69) is 0 Å². The number of esters is 2. The van der Waals surface area contributed by atoms with Gasteiger partial charge in [-0.3, -0.25) is 0 Å². The molecule has 0 bridgehead atoms. The average molecular weight is 282 g/mol. The Balaban J connectivity index is 2.89. The van der Waals surface area contributed by atoms with E-state index in [0.29, 0.717) is 0 Å². The van der Waals surface area contributed by atoms with Crippen molar-refractivity contribution in [3.8, 4) is 0 Å². The van der Waals surface area contributed by atoms with Gasteiger partial charge in [-0.1, -0.05) is 12.1 Å². The molecule has 1 unspecified atom stereocenters. The number of ether oxygens (including phenoxy) is 4. The Labute approximate surface area is 117 Å². The Bertz CT molecular complexity index is 457. The number of carbonyl (C=O) groups excluding carboxylic acids is 2. The minimum atomic E-state index is -0.831. The van der Waals surface area contributed by atoms with E-state index in [-0.39, 0.29) is 24.3 Å². The van der Waals surface area contributed by atoms with Crippen molar-refractivity contribution in [2.45, 2.75) is 13.2 Å². The quantitative estimate of drug-likeness (QED) is 0.559. The molecule has 0 fully saturated rings. The second-order valence-corrected chi connectivity index (χ2v) is 3.79. The second-order valence-electron chi connectivity index (χ2n) is 3.79. The van der Waals surface area contributed by atoms with Gasteiger partial charge in [-0.2, -0.15) is 0 Å². The van der Waals surface area contributed by atoms with Gasteiger partial charge in [0.1, 0.15) is 6.61 Å². The van der Waals surface area contributed by atoms with Gasteiger partial charge in [0.15, 0.2) is 0 Å². The molecule has 0 aliphatic rings. The first-order valence-corrected chi connectivity index (χ1v) is 6.12. The summed E-state index contributed by atoms with van der Waals surface area (Å²) >= 11 is 0. The summed E-state index contributed by atoms with van der Waals surface area (Å²) in [6.45, 7) is 2.02. The van der Waals surface area contributed by atoms with Crippen molar-refractivity contribution in [2.24, 2.45) is 0 Å². The number of hydrogen-bond acceptors (Lipinski definition) is 6. The molecule has 0 saturated heterocycles. The first kappa shape index (κ1) is 16.1. The molecule has 6 nitrogen and oxygen atoms in total. The molecule has 0 N–H and O–H groups in total. The van der Waals surface area contributed by atoms with Gasteiger partial charge in [-0.05, 0) is 19.1 Å². The highest BCUT2D eigenvalue weighted by molar-refractivity contribution is 6.03. The second kappa shape index (κ2) is 8.29. The summed E-state index contributed by atoms with van der Waals surface area (Å²) in [4.78, 5) is 23.8. The van der Waals surface area contributed by atoms with Crippen LogP contribution in [0.3, 0.4) is 0 Å². The molecule has 1 aromatic rings. The van der Waals surface area contributed by atoms with E-state index in [1.165, 1.54) is 26.4 Å². The maximum absolute atomic E-state index is 12.1. The van der Waals surface area contributed by atoms with Crippen LogP contribution >= 0.6 is 0 Å². The molecule has 0 heterocycles. The molecule has 20 heavy (non-hydrogen) atoms. The third kappa shape index (κ3) is 4.32. The SMILES string of the molecule is CCOC(=O)c1ccccc1C(=O)OC(COC)OC. The van der Waals surface area contributed by atoms with Gasteiger partial charge in [0.05, 0.1) is 17.7 Å². The minimum absolute atomic E-state index is 0.101. The van der Waals surface area contributed by atoms with Crippen molar-refractivity contribution >= 4 is 11.9 Å². The standard InChI is InChI=1S/C14H18O6/c1-4-19-13(15)10-7-5-6-8-11(10)14(16)20-12(18-3)9-17-2/h5-8,12H,4,9H2,1-3H3. The normalized spacial score (nSPS) is 11.8. The number of benzene rings is 1. The Morgan fingerprint density at radius 2 is 1.70 bits per heavy atom. The maximum Gasteiger partial charge on any atom is 0.341 e. The molecule has 1 atom stereocenters. The third-order valence-electron chi connectivity index (χ3n) is 2.45. The minimum Gasteiger partial charge on any atom is -0.462 e. The van der Waals surface area contributed by atoms with Crippen LogP contribution in [0.4, 0.5) is 0 Å². The van der Waals surface area contributed by atoms with Gasteiger partial charge >= 0.3 is 11.9 Å². The van der Waals surface area contributed by atoms with Crippen LogP contribution in [-0.4, -0.2) is 45.7 Å². The van der Waals surface area contributed by atoms with E-state index in [4.69, 9.17) is 18.9 Å². The van der Waals surface area contributed by atoms with Gasteiger partial charge in [-0.15, -0.1) is 0 Å². The fourth-order valence-electron chi connectivity index (χ4n) is 1.52. The summed E-state index contributed by atoms with van der Waals surface area (Å²) in [5, 5.41) is 0. The highest BCUT2D eigenvalue weighted by atomic mass is 16.7. The van der Waals surface area contributed by atoms with E-state index < -0.39 is 18.2 Å². The molecular weight excluding hydrogens is 264 g/mol. The van der Waals surface area contributed by atoms with Gasteiger partial charge in [0, 0.05) is 14.2 Å². The van der Waals surface area contributed by atoms with E-state index in [0.717, 1.165) is 0 Å². The molecule has 0 aliphatic carbocycles. The fourth-order valence-corrected chi connectivity index (χ4v) is 1.52. The Morgan fingerprint density at radius 3 is 2.20 bits per heavy atom. The van der Waals surface area contributed by atoms with Crippen LogP contribution in [0.15, 0.2) is 24.3 Å². The highest BCUT2D eigenvalue weighted by Crippen LogP contribution is 2.13. The first-order valence-electron chi connectivity index (χ1n) is 6.12. The molecule has 0 amide bonds. The Morgan fingerprint density at radius 1 is 1.10 bits per heavy atom. The molecular formula is C14H18O6. The van der Waals surface area contributed by atoms with E-state index >= 15 is 0 Å². The molecule has 6 heteroatoms. The number of carbonyl (C=O) groups is 2. The summed E-state index contributed by atoms with van der Waals surface area (Å²) in [5.41, 5.74) is 0.288. The fraction of sp³-hybridized carbons (Fsp3) is 0.429. The molecule has 0 spiro atoms. The van der Waals surface area contributed by atoms with Gasteiger partial charge in [0.25, 0.3) is 0 Å². The monoisotopic (exact) mass is 282 g/mol. The molecule has 0 radical (unpaired) electrons. The zero-order chi connectivity index (χ0) is 15.0. The van der Waals surface area contributed by atoms with E-state index in [1.807, 2.05) is 0 Å². The van der Waals surface area contributed by atoms with Crippen molar-refractivity contribution in [1.82, 2.24) is 0 Å². The lowest BCUT2D eigenvalue weighted by molar-refractivity contribution is -0.120. The number of methoxy groups -OCH3 is 2. The zero-order valence-corrected chi connectivity index (χ0v) is 11.8. The van der Waals surface area contributed by atoms with Crippen LogP contribution < -0.4 is 0 Å². The van der Waals surface area contributed by atoms with Crippen LogP contribution in [0, 0.1) is 0 Å². The van der Waals surface area contributed by atoms with E-state index in [9.17, 15) is 9.59 Å². The predicted molar refractivity (Wildman–Crippen MR) is 70.5 cm³/mol. The van der Waals surface area contributed by atoms with Crippen LogP contribution in [0.2, 0.25) is 0 Å². The van der Waals surface area contributed by atoms with Crippen molar-refractivity contribution < 1.29 is 28.5 Å². The van der Waals surface area contributed by atoms with Crippen LogP contribution in [0.5, 0.6) is 0 Å².